The first-order valence-corrected chi connectivity index (χ1v) is 52.1. The maximum absolute atomic E-state index is 4.83. The Morgan fingerprint density at radius 2 is 0.540 bits per heavy atom. The van der Waals surface area contributed by atoms with Gasteiger partial charge in [0.15, 0.2) is 0 Å². The minimum Gasteiger partial charge on any atom is -0.353 e. The summed E-state index contributed by atoms with van der Waals surface area (Å²) < 4.78 is 12.0. The molecule has 7 aliphatic heterocycles. The van der Waals surface area contributed by atoms with Crippen LogP contribution >= 0.6 is 0 Å². The molecule has 15 aromatic rings. The Morgan fingerprint density at radius 1 is 0.270 bits per heavy atom. The van der Waals surface area contributed by atoms with Gasteiger partial charge in [-0.15, -0.1) is 0 Å². The zero-order chi connectivity index (χ0) is 95.7. The molecule has 137 heavy (non-hydrogen) atoms. The highest BCUT2D eigenvalue weighted by Crippen LogP contribution is 2.74. The van der Waals surface area contributed by atoms with Crippen molar-refractivity contribution < 1.29 is 0 Å². The highest BCUT2D eigenvalue weighted by Gasteiger charge is 2.70. The third kappa shape index (κ3) is 11.5. The molecule has 17 heterocycles. The Bertz CT molecular complexity index is 7190. The minimum absolute atomic E-state index is 0.0163. The van der Waals surface area contributed by atoms with E-state index in [2.05, 4.69) is 391 Å². The van der Waals surface area contributed by atoms with Crippen LogP contribution in [0.25, 0.3) is 55.2 Å². The fourth-order valence-electron chi connectivity index (χ4n) is 32.8. The molecule has 10 aromatic heterocycles. The van der Waals surface area contributed by atoms with E-state index in [9.17, 15) is 0 Å². The standard InChI is InChI=1S/C27H31N3.2C25H31N3.C23H27N3.C22H25N3/c1-16-7-4-5-9-23(16)30-17(2)24-22-8-6-10-28-26(22)29(3)25(24)27(30)20-12-18-11-19(14-20)15-21(27)13-18;2*1-15-11-9-13-18-20(15)28-16(2)19-17-12-10-14-26-22(17)27(8)21(19)25(28,7)24(5,6)23(18,3)4;1-16-10-5-6-12-19(16)26-17(2)20-18-11-9-15-24-22(18)25(3)21(20)23(26)13-7-4-8-14-23;1-15-9-4-5-11-18(15)25-16(2)19-17-10-8-14-23-21(17)24(3)20(19)22(25)12-6-7-13-22/h4-10,17-21H,11-15H2,1-3H3;2*9-14,16H,1-8H3;5-6,9-12,15,17H,4,7-8,13-14H2,1-3H3;4-5,8-11,14,16H,6-7,12-13H2,1-3H3. The molecule has 0 N–H and O–H groups in total. The number of para-hydroxylation sites is 5. The molecule has 15 heteroatoms. The van der Waals surface area contributed by atoms with Crippen LogP contribution in [0.4, 0.5) is 28.4 Å². The van der Waals surface area contributed by atoms with Gasteiger partial charge in [-0.25, -0.2) is 24.9 Å². The van der Waals surface area contributed by atoms with Crippen LogP contribution in [0.1, 0.15) is 319 Å². The SMILES string of the molecule is Cc1cccc2c1N1C(C)c3c(n(C)c4ncccc34)C1(C)C(C)(C)C2(C)C.Cc1cccc2c1N1C(C)c3c(n(C)c4ncccc34)C1(C)C(C)(C)C2(C)C.Cc1ccccc1N1C(C)c2c(n(C)c3ncccc23)C12C1CC3CC(C1)CC2C3.Cc1ccccc1N1C(C)c2c(n(C)c3ncccc23)C12CCCC2.Cc1ccccc1N1C(C)c2c(n(C)c3ncccc23)C12CCCCC2. The number of rotatable bonds is 3. The van der Waals surface area contributed by atoms with Crippen LogP contribution in [0.2, 0.25) is 0 Å². The first-order valence-electron chi connectivity index (χ1n) is 52.1. The summed E-state index contributed by atoms with van der Waals surface area (Å²) in [5, 5.41) is 6.62. The van der Waals surface area contributed by atoms with Crippen LogP contribution in [-0.4, -0.2) is 47.8 Å². The summed E-state index contributed by atoms with van der Waals surface area (Å²) in [4.78, 5) is 37.5. The van der Waals surface area contributed by atoms with E-state index < -0.39 is 0 Å². The number of aromatic nitrogens is 10. The van der Waals surface area contributed by atoms with E-state index >= 15 is 0 Å². The third-order valence-corrected chi connectivity index (χ3v) is 39.9. The number of fused-ring (bicyclic) bond motifs is 25. The molecular formula is C122H145N15. The molecule has 6 aliphatic carbocycles. The average molecular weight is 1820 g/mol. The zero-order valence-electron chi connectivity index (χ0n) is 86.4. The van der Waals surface area contributed by atoms with E-state index in [1.54, 1.807) is 11.3 Å². The summed E-state index contributed by atoms with van der Waals surface area (Å²) in [6, 6.07) is 64.0. The molecule has 4 bridgehead atoms. The molecule has 15 nitrogen and oxygen atoms in total. The lowest BCUT2D eigenvalue weighted by atomic mass is 9.47. The van der Waals surface area contributed by atoms with Gasteiger partial charge >= 0.3 is 0 Å². The topological polar surface area (TPSA) is 105 Å². The number of aryl methyl sites for hydroxylation is 10. The first-order chi connectivity index (χ1) is 65.5. The molecule has 7 atom stereocenters. The fraction of sp³-hybridized carbons (Fsp3) is 0.467. The Morgan fingerprint density at radius 3 is 0.876 bits per heavy atom. The van der Waals surface area contributed by atoms with Gasteiger partial charge in [-0.05, 0) is 293 Å². The Labute approximate surface area is 813 Å². The van der Waals surface area contributed by atoms with Crippen LogP contribution in [0.3, 0.4) is 0 Å². The predicted molar refractivity (Wildman–Crippen MR) is 566 cm³/mol. The van der Waals surface area contributed by atoms with Crippen LogP contribution in [0.5, 0.6) is 0 Å². The van der Waals surface area contributed by atoms with Gasteiger partial charge < -0.3 is 47.3 Å². The second-order valence-corrected chi connectivity index (χ2v) is 46.6. The number of benzene rings is 5. The summed E-state index contributed by atoms with van der Waals surface area (Å²) in [6.07, 6.45) is 28.3. The highest BCUT2D eigenvalue weighted by atomic mass is 15.4. The third-order valence-electron chi connectivity index (χ3n) is 39.9. The molecular weight excluding hydrogens is 1680 g/mol. The monoisotopic (exact) mass is 1820 g/mol. The van der Waals surface area contributed by atoms with Crippen LogP contribution in [0.15, 0.2) is 201 Å². The van der Waals surface area contributed by atoms with Crippen LogP contribution in [-0.2, 0) is 73.8 Å². The second kappa shape index (κ2) is 31.0. The first kappa shape index (κ1) is 89.5. The molecule has 708 valence electrons. The lowest BCUT2D eigenvalue weighted by molar-refractivity contribution is -0.0629. The summed E-state index contributed by atoms with van der Waals surface area (Å²) in [7, 11) is 11.1. The van der Waals surface area contributed by atoms with E-state index in [4.69, 9.17) is 24.9 Å². The molecule has 0 amide bonds. The van der Waals surface area contributed by atoms with Gasteiger partial charge in [0.1, 0.15) is 28.2 Å². The molecule has 13 aliphatic rings. The molecule has 0 saturated heterocycles. The average Bonchev–Trinajstić information content (AvgIpc) is 1.50. The van der Waals surface area contributed by atoms with E-state index in [0.717, 1.165) is 46.3 Å². The van der Waals surface area contributed by atoms with Crippen molar-refractivity contribution in [1.29, 1.82) is 0 Å². The van der Waals surface area contributed by atoms with Crippen molar-refractivity contribution in [2.24, 2.45) is 69.7 Å². The molecule has 28 rings (SSSR count). The van der Waals surface area contributed by atoms with Gasteiger partial charge in [-0.2, -0.15) is 0 Å². The van der Waals surface area contributed by atoms with E-state index in [-0.39, 0.29) is 49.4 Å². The number of pyridine rings is 5. The van der Waals surface area contributed by atoms with Crippen molar-refractivity contribution >= 4 is 83.6 Å². The van der Waals surface area contributed by atoms with Crippen LogP contribution < -0.4 is 24.5 Å². The van der Waals surface area contributed by atoms with Crippen molar-refractivity contribution in [3.8, 4) is 0 Å². The van der Waals surface area contributed by atoms with Gasteiger partial charge in [-0.1, -0.05) is 178 Å². The predicted octanol–water partition coefficient (Wildman–Crippen LogP) is 29.0. The van der Waals surface area contributed by atoms with Crippen molar-refractivity contribution in [3.05, 3.63) is 296 Å². The minimum atomic E-state index is -0.125. The van der Waals surface area contributed by atoms with Crippen molar-refractivity contribution in [2.75, 3.05) is 24.5 Å². The maximum Gasteiger partial charge on any atom is 0.140 e. The van der Waals surface area contributed by atoms with Crippen LogP contribution in [0, 0.1) is 69.1 Å². The largest absolute Gasteiger partial charge is 0.353 e. The van der Waals surface area contributed by atoms with E-state index in [0.29, 0.717) is 30.2 Å². The molecule has 7 unspecified atom stereocenters. The number of hydrogen-bond acceptors (Lipinski definition) is 10. The van der Waals surface area contributed by atoms with Crippen molar-refractivity contribution in [2.45, 2.75) is 297 Å². The highest BCUT2D eigenvalue weighted by molar-refractivity contribution is 5.93. The van der Waals surface area contributed by atoms with Gasteiger partial charge in [0.2, 0.25) is 0 Å². The zero-order valence-corrected chi connectivity index (χ0v) is 86.4. The summed E-state index contributed by atoms with van der Waals surface area (Å²) in [5.74, 6) is 3.45. The molecule has 3 spiro atoms. The summed E-state index contributed by atoms with van der Waals surface area (Å²) in [6.45, 7) is 47.8. The van der Waals surface area contributed by atoms with Crippen molar-refractivity contribution in [1.82, 2.24) is 47.8 Å². The molecule has 6 fully saturated rings. The molecule has 6 saturated carbocycles. The molecule has 5 aromatic carbocycles. The normalized spacial score (nSPS) is 26.9. The Balaban J connectivity index is 0.0000000962. The molecule has 0 radical (unpaired) electrons. The van der Waals surface area contributed by atoms with Gasteiger partial charge in [0.25, 0.3) is 0 Å². The van der Waals surface area contributed by atoms with Gasteiger partial charge in [-0.3, -0.25) is 0 Å². The second-order valence-electron chi connectivity index (χ2n) is 46.6. The Hall–Kier alpha value is -11.5. The fourth-order valence-corrected chi connectivity index (χ4v) is 32.8. The maximum atomic E-state index is 4.83. The summed E-state index contributed by atoms with van der Waals surface area (Å²) in [5.41, 5.74) is 37.7. The quantitative estimate of drug-likeness (QED) is 0.170. The van der Waals surface area contributed by atoms with Gasteiger partial charge in [0, 0.05) is 160 Å². The van der Waals surface area contributed by atoms with E-state index in [1.807, 2.05) is 31.0 Å². The van der Waals surface area contributed by atoms with E-state index in [1.165, 1.54) is 235 Å². The smallest absolute Gasteiger partial charge is 0.140 e. The number of anilines is 5. The lowest BCUT2D eigenvalue weighted by Crippen LogP contribution is -2.62. The summed E-state index contributed by atoms with van der Waals surface area (Å²) >= 11 is 0. The van der Waals surface area contributed by atoms with Crippen molar-refractivity contribution in [3.63, 3.8) is 0 Å². The Kier molecular flexibility index (Phi) is 20.3. The number of hydrogen-bond donors (Lipinski definition) is 0. The van der Waals surface area contributed by atoms with Gasteiger partial charge in [0.05, 0.1) is 86.4 Å². The number of nitrogens with zero attached hydrogens (tertiary/aromatic N) is 15. The lowest BCUT2D eigenvalue weighted by Gasteiger charge is -2.64.